The Morgan fingerprint density at radius 2 is 1.69 bits per heavy atom. The molecule has 0 aliphatic carbocycles. The van der Waals surface area contributed by atoms with E-state index in [-0.39, 0.29) is 18.8 Å². The van der Waals surface area contributed by atoms with Crippen LogP contribution in [0.1, 0.15) is 27.2 Å². The van der Waals surface area contributed by atoms with Crippen molar-refractivity contribution in [2.75, 3.05) is 33.0 Å². The van der Waals surface area contributed by atoms with Gasteiger partial charge in [0.15, 0.2) is 6.10 Å². The SMILES string of the molecule is C=CC(=O)OCC(COC(=O)C(=C)C)OC(=O)NCCC[Si](C)(OCC)OCC. The highest BCUT2D eigenvalue weighted by molar-refractivity contribution is 6.66. The second-order valence-corrected chi connectivity index (χ2v) is 9.62. The summed E-state index contributed by atoms with van der Waals surface area (Å²) in [7, 11) is -2.24. The summed E-state index contributed by atoms with van der Waals surface area (Å²) in [4.78, 5) is 34.8. The Hall–Kier alpha value is -2.17. The van der Waals surface area contributed by atoms with Crippen LogP contribution < -0.4 is 5.32 Å². The standard InChI is InChI=1S/C19H33NO8Si/c1-7-17(21)24-13-16(14-25-18(22)15(4)5)28-19(23)20-11-10-12-29(6,26-8-2)27-9-3/h7,16H,1,4,8-14H2,2-3,5-6H3,(H,20,23). The highest BCUT2D eigenvalue weighted by atomic mass is 28.4. The molecule has 0 aromatic heterocycles. The molecule has 1 N–H and O–H groups in total. The molecule has 10 heteroatoms. The Balaban J connectivity index is 4.51. The highest BCUT2D eigenvalue weighted by Gasteiger charge is 2.30. The third-order valence-electron chi connectivity index (χ3n) is 3.58. The summed E-state index contributed by atoms with van der Waals surface area (Å²) < 4.78 is 26.5. The lowest BCUT2D eigenvalue weighted by Gasteiger charge is -2.26. The van der Waals surface area contributed by atoms with Crippen LogP contribution in [0.15, 0.2) is 24.8 Å². The fourth-order valence-corrected chi connectivity index (χ4v) is 4.64. The number of nitrogens with one attached hydrogen (secondary N) is 1. The van der Waals surface area contributed by atoms with Crippen LogP contribution in [0.4, 0.5) is 4.79 Å². The van der Waals surface area contributed by atoms with Crippen LogP contribution in [-0.4, -0.2) is 65.7 Å². The first kappa shape index (κ1) is 26.8. The van der Waals surface area contributed by atoms with Gasteiger partial charge in [-0.3, -0.25) is 0 Å². The van der Waals surface area contributed by atoms with Gasteiger partial charge in [0.25, 0.3) is 0 Å². The van der Waals surface area contributed by atoms with Crippen molar-refractivity contribution in [1.29, 1.82) is 0 Å². The molecular formula is C19H33NO8Si. The molecule has 29 heavy (non-hydrogen) atoms. The van der Waals surface area contributed by atoms with Gasteiger partial charge in [-0.25, -0.2) is 14.4 Å². The van der Waals surface area contributed by atoms with Crippen molar-refractivity contribution in [3.63, 3.8) is 0 Å². The predicted octanol–water partition coefficient (Wildman–Crippen LogP) is 2.46. The number of carbonyl (C=O) groups is 3. The number of esters is 2. The van der Waals surface area contributed by atoms with Crippen molar-refractivity contribution in [1.82, 2.24) is 5.32 Å². The molecule has 0 radical (unpaired) electrons. The Morgan fingerprint density at radius 3 is 2.21 bits per heavy atom. The quantitative estimate of drug-likeness (QED) is 0.138. The van der Waals surface area contributed by atoms with E-state index in [1.54, 1.807) is 0 Å². The van der Waals surface area contributed by atoms with Crippen molar-refractivity contribution < 1.29 is 37.4 Å². The molecule has 1 unspecified atom stereocenters. The normalized spacial score (nSPS) is 11.9. The van der Waals surface area contributed by atoms with Gasteiger partial charge in [0.1, 0.15) is 13.2 Å². The summed E-state index contributed by atoms with van der Waals surface area (Å²) in [5, 5.41) is 2.61. The number of hydrogen-bond acceptors (Lipinski definition) is 8. The minimum atomic E-state index is -2.24. The van der Waals surface area contributed by atoms with Crippen molar-refractivity contribution in [3.05, 3.63) is 24.8 Å². The lowest BCUT2D eigenvalue weighted by Crippen LogP contribution is -2.40. The second-order valence-electron chi connectivity index (χ2n) is 6.27. The lowest BCUT2D eigenvalue weighted by molar-refractivity contribution is -0.147. The van der Waals surface area contributed by atoms with Gasteiger partial charge in [0.2, 0.25) is 0 Å². The summed E-state index contributed by atoms with van der Waals surface area (Å²) in [6.45, 7) is 15.0. The molecule has 1 amide bonds. The van der Waals surface area contributed by atoms with Crippen LogP contribution in [0, 0.1) is 0 Å². The van der Waals surface area contributed by atoms with E-state index in [1.165, 1.54) is 6.92 Å². The van der Waals surface area contributed by atoms with E-state index in [9.17, 15) is 14.4 Å². The van der Waals surface area contributed by atoms with Crippen LogP contribution >= 0.6 is 0 Å². The van der Waals surface area contributed by atoms with Gasteiger partial charge in [-0.15, -0.1) is 0 Å². The van der Waals surface area contributed by atoms with Crippen molar-refractivity contribution in [3.8, 4) is 0 Å². The zero-order valence-corrected chi connectivity index (χ0v) is 18.8. The largest absolute Gasteiger partial charge is 0.458 e. The highest BCUT2D eigenvalue weighted by Crippen LogP contribution is 2.15. The Labute approximate surface area is 173 Å². The molecule has 0 aliphatic heterocycles. The minimum Gasteiger partial charge on any atom is -0.458 e. The number of hydrogen-bond donors (Lipinski definition) is 1. The summed E-state index contributed by atoms with van der Waals surface area (Å²) in [6, 6.07) is 0.714. The van der Waals surface area contributed by atoms with E-state index in [2.05, 4.69) is 18.5 Å². The van der Waals surface area contributed by atoms with Gasteiger partial charge >= 0.3 is 26.6 Å². The molecule has 0 rings (SSSR count). The number of carbonyl (C=O) groups excluding carboxylic acids is 3. The van der Waals surface area contributed by atoms with Gasteiger partial charge in [0.05, 0.1) is 0 Å². The molecule has 9 nitrogen and oxygen atoms in total. The van der Waals surface area contributed by atoms with Crippen LogP contribution in [-0.2, 0) is 32.7 Å². The van der Waals surface area contributed by atoms with Crippen molar-refractivity contribution in [2.24, 2.45) is 0 Å². The number of rotatable bonds is 15. The van der Waals surface area contributed by atoms with Gasteiger partial charge in [-0.2, -0.15) is 0 Å². The van der Waals surface area contributed by atoms with Gasteiger partial charge in [0, 0.05) is 31.4 Å². The van der Waals surface area contributed by atoms with Crippen molar-refractivity contribution in [2.45, 2.75) is 45.9 Å². The lowest BCUT2D eigenvalue weighted by atomic mass is 10.3. The van der Waals surface area contributed by atoms with E-state index in [0.29, 0.717) is 32.2 Å². The average molecular weight is 432 g/mol. The third kappa shape index (κ3) is 12.8. The average Bonchev–Trinajstić information content (AvgIpc) is 2.67. The van der Waals surface area contributed by atoms with E-state index >= 15 is 0 Å². The Bertz CT molecular complexity index is 560. The van der Waals surface area contributed by atoms with Gasteiger partial charge < -0.3 is 28.4 Å². The van der Waals surface area contributed by atoms with Crippen LogP contribution in [0.2, 0.25) is 12.6 Å². The predicted molar refractivity (Wildman–Crippen MR) is 109 cm³/mol. The van der Waals surface area contributed by atoms with Crippen molar-refractivity contribution >= 4 is 26.6 Å². The summed E-state index contributed by atoms with van der Waals surface area (Å²) in [6.07, 6.45) is -0.0475. The van der Waals surface area contributed by atoms with Crippen LogP contribution in [0.5, 0.6) is 0 Å². The molecule has 0 fully saturated rings. The molecule has 0 aliphatic rings. The molecule has 0 saturated heterocycles. The molecule has 0 aromatic carbocycles. The maximum absolute atomic E-state index is 12.0. The second kappa shape index (κ2) is 14.8. The first-order valence-corrected chi connectivity index (χ1v) is 12.0. The summed E-state index contributed by atoms with van der Waals surface area (Å²) in [5.41, 5.74) is 0.201. The van der Waals surface area contributed by atoms with E-state index in [4.69, 9.17) is 23.1 Å². The van der Waals surface area contributed by atoms with Gasteiger partial charge in [-0.05, 0) is 39.8 Å². The maximum Gasteiger partial charge on any atom is 0.407 e. The molecule has 0 aromatic rings. The smallest absolute Gasteiger partial charge is 0.407 e. The van der Waals surface area contributed by atoms with E-state index in [1.807, 2.05) is 20.4 Å². The number of amides is 1. The summed E-state index contributed by atoms with van der Waals surface area (Å²) in [5.74, 6) is -1.31. The molecule has 0 spiro atoms. The number of ether oxygens (including phenoxy) is 3. The fraction of sp³-hybridized carbons (Fsp3) is 0.632. The van der Waals surface area contributed by atoms with Crippen LogP contribution in [0.3, 0.4) is 0 Å². The van der Waals surface area contributed by atoms with Gasteiger partial charge in [-0.1, -0.05) is 13.2 Å². The van der Waals surface area contributed by atoms with E-state index < -0.39 is 32.7 Å². The Morgan fingerprint density at radius 1 is 1.10 bits per heavy atom. The first-order chi connectivity index (χ1) is 13.7. The molecule has 166 valence electrons. The monoisotopic (exact) mass is 431 g/mol. The molecule has 1 atom stereocenters. The third-order valence-corrected chi connectivity index (χ3v) is 6.64. The topological polar surface area (TPSA) is 109 Å². The Kier molecular flexibility index (Phi) is 13.7. The first-order valence-electron chi connectivity index (χ1n) is 9.51. The zero-order valence-electron chi connectivity index (χ0n) is 17.8. The van der Waals surface area contributed by atoms with E-state index in [0.717, 1.165) is 6.08 Å². The zero-order chi connectivity index (χ0) is 22.3. The molecule has 0 saturated carbocycles. The summed E-state index contributed by atoms with van der Waals surface area (Å²) >= 11 is 0. The molecular weight excluding hydrogens is 398 g/mol. The maximum atomic E-state index is 12.0. The number of alkyl carbamates (subject to hydrolysis) is 1. The molecule has 0 heterocycles. The molecule has 0 bridgehead atoms. The minimum absolute atomic E-state index is 0.201. The fourth-order valence-electron chi connectivity index (χ4n) is 2.23. The van der Waals surface area contributed by atoms with Crippen LogP contribution in [0.25, 0.3) is 0 Å².